The van der Waals surface area contributed by atoms with Crippen molar-refractivity contribution in [1.82, 2.24) is 24.1 Å². The minimum atomic E-state index is 0.645. The van der Waals surface area contributed by atoms with Crippen molar-refractivity contribution in [1.29, 1.82) is 0 Å². The molecule has 5 nitrogen and oxygen atoms in total. The predicted octanol–water partition coefficient (Wildman–Crippen LogP) is 6.07. The van der Waals surface area contributed by atoms with Gasteiger partial charge in [0.25, 0.3) is 0 Å². The molecule has 0 bridgehead atoms. The number of benzene rings is 3. The van der Waals surface area contributed by atoms with E-state index in [1.807, 2.05) is 18.2 Å². The first-order valence-corrected chi connectivity index (χ1v) is 10.6. The van der Waals surface area contributed by atoms with Gasteiger partial charge in [-0.1, -0.05) is 54.6 Å². The molecule has 0 atom stereocenters. The number of hydrogen-bond acceptors (Lipinski definition) is 3. The van der Waals surface area contributed by atoms with Crippen LogP contribution in [0.3, 0.4) is 0 Å². The highest BCUT2D eigenvalue weighted by molar-refractivity contribution is 6.15. The van der Waals surface area contributed by atoms with E-state index in [1.165, 1.54) is 5.39 Å². The molecule has 7 rings (SSSR count). The first kappa shape index (κ1) is 17.2. The second-order valence-electron chi connectivity index (χ2n) is 7.82. The van der Waals surface area contributed by atoms with Gasteiger partial charge in [0.15, 0.2) is 0 Å². The summed E-state index contributed by atoms with van der Waals surface area (Å²) in [4.78, 5) is 14.3. The molecular weight excluding hydrogens is 394 g/mol. The van der Waals surface area contributed by atoms with E-state index in [0.29, 0.717) is 5.95 Å². The van der Waals surface area contributed by atoms with Crippen LogP contribution in [-0.4, -0.2) is 24.1 Å². The van der Waals surface area contributed by atoms with Crippen LogP contribution in [0.15, 0.2) is 103 Å². The van der Waals surface area contributed by atoms with Crippen molar-refractivity contribution < 1.29 is 0 Å². The minimum absolute atomic E-state index is 0.645. The molecular formula is C27H17N5. The molecule has 7 aromatic rings. The van der Waals surface area contributed by atoms with Gasteiger partial charge in [0, 0.05) is 34.2 Å². The van der Waals surface area contributed by atoms with E-state index in [0.717, 1.165) is 44.2 Å². The number of para-hydroxylation sites is 3. The Morgan fingerprint density at radius 2 is 1.19 bits per heavy atom. The van der Waals surface area contributed by atoms with Crippen molar-refractivity contribution in [3.8, 4) is 11.6 Å². The van der Waals surface area contributed by atoms with Crippen molar-refractivity contribution >= 4 is 43.9 Å². The van der Waals surface area contributed by atoms with E-state index < -0.39 is 0 Å². The summed E-state index contributed by atoms with van der Waals surface area (Å²) >= 11 is 0. The summed E-state index contributed by atoms with van der Waals surface area (Å²) in [5, 5.41) is 3.37. The lowest BCUT2D eigenvalue weighted by molar-refractivity contribution is 0.988. The van der Waals surface area contributed by atoms with Crippen LogP contribution in [0.5, 0.6) is 0 Å². The van der Waals surface area contributed by atoms with E-state index in [1.54, 1.807) is 12.4 Å². The Labute approximate surface area is 183 Å². The number of aromatic nitrogens is 5. The largest absolute Gasteiger partial charge is 0.294 e. The van der Waals surface area contributed by atoms with Crippen molar-refractivity contribution in [2.24, 2.45) is 0 Å². The third-order valence-corrected chi connectivity index (χ3v) is 6.04. The van der Waals surface area contributed by atoms with Gasteiger partial charge in [0.1, 0.15) is 5.65 Å². The summed E-state index contributed by atoms with van der Waals surface area (Å²) in [5.74, 6) is 0.645. The van der Waals surface area contributed by atoms with Gasteiger partial charge in [-0.25, -0.2) is 15.0 Å². The Morgan fingerprint density at radius 3 is 1.97 bits per heavy atom. The highest BCUT2D eigenvalue weighted by Gasteiger charge is 2.19. The van der Waals surface area contributed by atoms with Gasteiger partial charge in [-0.15, -0.1) is 0 Å². The fraction of sp³-hybridized carbons (Fsp3) is 0. The van der Waals surface area contributed by atoms with Gasteiger partial charge < -0.3 is 0 Å². The molecule has 0 aliphatic carbocycles. The van der Waals surface area contributed by atoms with Crippen LogP contribution in [0, 0.1) is 0 Å². The van der Waals surface area contributed by atoms with Crippen LogP contribution < -0.4 is 0 Å². The summed E-state index contributed by atoms with van der Waals surface area (Å²) in [6.45, 7) is 0. The smallest absolute Gasteiger partial charge is 0.234 e. The summed E-state index contributed by atoms with van der Waals surface area (Å²) < 4.78 is 4.35. The Hall–Kier alpha value is -4.51. The second kappa shape index (κ2) is 6.49. The summed E-state index contributed by atoms with van der Waals surface area (Å²) in [7, 11) is 0. The fourth-order valence-electron chi connectivity index (χ4n) is 4.70. The van der Waals surface area contributed by atoms with E-state index in [4.69, 9.17) is 4.98 Å². The predicted molar refractivity (Wildman–Crippen MR) is 129 cm³/mol. The lowest BCUT2D eigenvalue weighted by Crippen LogP contribution is -2.00. The molecule has 0 aliphatic heterocycles. The number of nitrogens with zero attached hydrogens (tertiary/aromatic N) is 5. The normalized spacial score (nSPS) is 11.8. The van der Waals surface area contributed by atoms with Crippen LogP contribution in [0.1, 0.15) is 0 Å². The van der Waals surface area contributed by atoms with Gasteiger partial charge in [0.05, 0.1) is 22.1 Å². The van der Waals surface area contributed by atoms with Crippen LogP contribution >= 0.6 is 0 Å². The maximum Gasteiger partial charge on any atom is 0.234 e. The molecule has 4 aromatic heterocycles. The van der Waals surface area contributed by atoms with Gasteiger partial charge >= 0.3 is 0 Å². The zero-order valence-corrected chi connectivity index (χ0v) is 17.1. The molecule has 32 heavy (non-hydrogen) atoms. The fourth-order valence-corrected chi connectivity index (χ4v) is 4.70. The maximum absolute atomic E-state index is 5.25. The third-order valence-electron chi connectivity index (χ3n) is 6.04. The van der Waals surface area contributed by atoms with Crippen molar-refractivity contribution in [2.45, 2.75) is 0 Å². The summed E-state index contributed by atoms with van der Waals surface area (Å²) in [6.07, 6.45) is 3.55. The topological polar surface area (TPSA) is 48.5 Å². The molecule has 0 aliphatic rings. The van der Waals surface area contributed by atoms with E-state index >= 15 is 0 Å². The maximum atomic E-state index is 5.25. The van der Waals surface area contributed by atoms with Gasteiger partial charge in [-0.2, -0.15) is 0 Å². The number of pyridine rings is 1. The van der Waals surface area contributed by atoms with Crippen LogP contribution in [0.2, 0.25) is 0 Å². The average molecular weight is 411 g/mol. The Morgan fingerprint density at radius 1 is 0.531 bits per heavy atom. The molecule has 0 amide bonds. The molecule has 150 valence electrons. The molecule has 3 aromatic carbocycles. The monoisotopic (exact) mass is 411 g/mol. The van der Waals surface area contributed by atoms with Crippen LogP contribution in [0.4, 0.5) is 0 Å². The Kier molecular flexibility index (Phi) is 3.49. The highest BCUT2D eigenvalue weighted by atomic mass is 15.2. The summed E-state index contributed by atoms with van der Waals surface area (Å²) in [5.41, 5.74) is 6.17. The minimum Gasteiger partial charge on any atom is -0.294 e. The zero-order valence-electron chi connectivity index (χ0n) is 17.1. The first-order chi connectivity index (χ1) is 15.9. The van der Waals surface area contributed by atoms with Gasteiger partial charge in [0.2, 0.25) is 5.95 Å². The van der Waals surface area contributed by atoms with Crippen LogP contribution in [0.25, 0.3) is 55.5 Å². The quantitative estimate of drug-likeness (QED) is 0.347. The van der Waals surface area contributed by atoms with E-state index in [9.17, 15) is 0 Å². The lowest BCUT2D eigenvalue weighted by Gasteiger charge is -2.07. The molecule has 0 saturated carbocycles. The Bertz CT molecular complexity index is 1630. The molecule has 0 radical (unpaired) electrons. The third kappa shape index (κ3) is 2.30. The SMILES string of the molecule is c1ccc(-n2c3ccccc3c3cc4c(nc32)c2ccccc2n4-c2ncccn2)cc1. The van der Waals surface area contributed by atoms with Crippen molar-refractivity contribution in [3.63, 3.8) is 0 Å². The molecule has 0 spiro atoms. The molecule has 0 unspecified atom stereocenters. The standard InChI is InChI=1S/C27H17N5/c1-2-9-18(10-3-1)31-22-13-6-4-11-19(22)21-17-24-25(30-26(21)31)20-12-5-7-14-23(20)32(24)27-28-15-8-16-29-27/h1-17H. The first-order valence-electron chi connectivity index (χ1n) is 10.6. The molecule has 4 heterocycles. The zero-order chi connectivity index (χ0) is 21.1. The Balaban J connectivity index is 1.71. The van der Waals surface area contributed by atoms with Crippen molar-refractivity contribution in [2.75, 3.05) is 0 Å². The number of hydrogen-bond donors (Lipinski definition) is 0. The average Bonchev–Trinajstić information content (AvgIpc) is 3.36. The molecule has 5 heteroatoms. The van der Waals surface area contributed by atoms with Gasteiger partial charge in [-0.05, 0) is 36.4 Å². The highest BCUT2D eigenvalue weighted by Crippen LogP contribution is 2.36. The number of fused-ring (bicyclic) bond motifs is 6. The summed E-state index contributed by atoms with van der Waals surface area (Å²) in [6, 6.07) is 31.3. The lowest BCUT2D eigenvalue weighted by atomic mass is 10.2. The van der Waals surface area contributed by atoms with E-state index in [2.05, 4.69) is 91.9 Å². The van der Waals surface area contributed by atoms with E-state index in [-0.39, 0.29) is 0 Å². The molecule has 0 saturated heterocycles. The van der Waals surface area contributed by atoms with Gasteiger partial charge in [-0.3, -0.25) is 9.13 Å². The number of rotatable bonds is 2. The van der Waals surface area contributed by atoms with Crippen molar-refractivity contribution in [3.05, 3.63) is 103 Å². The molecule has 0 fully saturated rings. The van der Waals surface area contributed by atoms with Crippen LogP contribution in [-0.2, 0) is 0 Å². The molecule has 0 N–H and O–H groups in total. The second-order valence-corrected chi connectivity index (χ2v) is 7.82.